The van der Waals surface area contributed by atoms with Gasteiger partial charge in [-0.1, -0.05) is 19.1 Å². The Bertz CT molecular complexity index is 508. The highest BCUT2D eigenvalue weighted by Crippen LogP contribution is 2.23. The van der Waals surface area contributed by atoms with Crippen molar-refractivity contribution in [1.29, 1.82) is 0 Å². The highest BCUT2D eigenvalue weighted by atomic mass is 35.5. The lowest BCUT2D eigenvalue weighted by atomic mass is 10.1. The first-order valence-electron chi connectivity index (χ1n) is 6.08. The summed E-state index contributed by atoms with van der Waals surface area (Å²) in [6.07, 6.45) is 2.86. The molecule has 0 amide bonds. The molecule has 2 aromatic rings. The summed E-state index contributed by atoms with van der Waals surface area (Å²) < 4.78 is 0. The number of alkyl halides is 1. The van der Waals surface area contributed by atoms with Gasteiger partial charge in [-0.2, -0.15) is 0 Å². The fourth-order valence-electron chi connectivity index (χ4n) is 1.81. The molecule has 2 nitrogen and oxygen atoms in total. The quantitative estimate of drug-likeness (QED) is 0.768. The summed E-state index contributed by atoms with van der Waals surface area (Å²) in [4.78, 5) is 6.44. The molecule has 94 valence electrons. The Labute approximate surface area is 113 Å². The van der Waals surface area contributed by atoms with Gasteiger partial charge in [0, 0.05) is 24.8 Å². The predicted octanol–water partition coefficient (Wildman–Crippen LogP) is 4.15. The summed E-state index contributed by atoms with van der Waals surface area (Å²) in [6.45, 7) is 2.16. The topological polar surface area (TPSA) is 16.1 Å². The van der Waals surface area contributed by atoms with E-state index in [0.29, 0.717) is 5.88 Å². The van der Waals surface area contributed by atoms with E-state index in [-0.39, 0.29) is 0 Å². The number of hydrogen-bond acceptors (Lipinski definition) is 2. The van der Waals surface area contributed by atoms with E-state index in [4.69, 9.17) is 11.6 Å². The molecule has 1 aromatic heterocycles. The fraction of sp³-hybridized carbons (Fsp3) is 0.267. The van der Waals surface area contributed by atoms with Gasteiger partial charge >= 0.3 is 0 Å². The summed E-state index contributed by atoms with van der Waals surface area (Å²) in [7, 11) is 2.02. The molecule has 0 fully saturated rings. The number of rotatable bonds is 4. The Balaban J connectivity index is 2.25. The maximum absolute atomic E-state index is 5.84. The SMILES string of the molecule is CCc1ccc(N(C)c2cc(CCl)ccn2)cc1. The van der Waals surface area contributed by atoms with E-state index in [2.05, 4.69) is 41.1 Å². The van der Waals surface area contributed by atoms with Crippen molar-refractivity contribution in [3.63, 3.8) is 0 Å². The first kappa shape index (κ1) is 12.9. The third-order valence-corrected chi connectivity index (χ3v) is 3.35. The Morgan fingerprint density at radius 1 is 1.11 bits per heavy atom. The Hall–Kier alpha value is -1.54. The second-order valence-electron chi connectivity index (χ2n) is 4.23. The predicted molar refractivity (Wildman–Crippen MR) is 77.7 cm³/mol. The number of benzene rings is 1. The molecule has 0 saturated carbocycles. The fourth-order valence-corrected chi connectivity index (χ4v) is 1.98. The lowest BCUT2D eigenvalue weighted by Gasteiger charge is -2.19. The van der Waals surface area contributed by atoms with Crippen LogP contribution in [0.25, 0.3) is 0 Å². The van der Waals surface area contributed by atoms with Crippen LogP contribution in [-0.4, -0.2) is 12.0 Å². The average molecular weight is 261 g/mol. The van der Waals surface area contributed by atoms with Gasteiger partial charge in [0.25, 0.3) is 0 Å². The van der Waals surface area contributed by atoms with Crippen molar-refractivity contribution in [2.45, 2.75) is 19.2 Å². The minimum atomic E-state index is 0.512. The first-order valence-corrected chi connectivity index (χ1v) is 6.61. The molecule has 0 aliphatic heterocycles. The van der Waals surface area contributed by atoms with E-state index in [1.807, 2.05) is 19.2 Å². The normalized spacial score (nSPS) is 10.4. The summed E-state index contributed by atoms with van der Waals surface area (Å²) in [5.41, 5.74) is 3.56. The molecule has 18 heavy (non-hydrogen) atoms. The van der Waals surface area contributed by atoms with E-state index in [0.717, 1.165) is 23.5 Å². The van der Waals surface area contributed by atoms with Crippen LogP contribution in [0.4, 0.5) is 11.5 Å². The zero-order valence-corrected chi connectivity index (χ0v) is 11.5. The Morgan fingerprint density at radius 3 is 2.44 bits per heavy atom. The molecule has 2 rings (SSSR count). The minimum absolute atomic E-state index is 0.512. The smallest absolute Gasteiger partial charge is 0.132 e. The van der Waals surface area contributed by atoms with Gasteiger partial charge in [0.15, 0.2) is 0 Å². The van der Waals surface area contributed by atoms with Crippen LogP contribution < -0.4 is 4.90 Å². The van der Waals surface area contributed by atoms with Crippen LogP contribution in [0.1, 0.15) is 18.1 Å². The Morgan fingerprint density at radius 2 is 1.83 bits per heavy atom. The van der Waals surface area contributed by atoms with Gasteiger partial charge in [-0.25, -0.2) is 4.98 Å². The standard InChI is InChI=1S/C15H17ClN2/c1-3-12-4-6-14(7-5-12)18(2)15-10-13(11-16)8-9-17-15/h4-10H,3,11H2,1-2H3. The number of aromatic nitrogens is 1. The lowest BCUT2D eigenvalue weighted by Crippen LogP contribution is -2.11. The minimum Gasteiger partial charge on any atom is -0.329 e. The van der Waals surface area contributed by atoms with Crippen molar-refractivity contribution in [1.82, 2.24) is 4.98 Å². The van der Waals surface area contributed by atoms with Gasteiger partial charge in [0.2, 0.25) is 0 Å². The number of pyridine rings is 1. The second kappa shape index (κ2) is 5.87. The van der Waals surface area contributed by atoms with Crippen molar-refractivity contribution in [2.75, 3.05) is 11.9 Å². The van der Waals surface area contributed by atoms with Crippen molar-refractivity contribution in [3.05, 3.63) is 53.7 Å². The van der Waals surface area contributed by atoms with Crippen LogP contribution in [0.5, 0.6) is 0 Å². The van der Waals surface area contributed by atoms with E-state index in [1.165, 1.54) is 5.56 Å². The monoisotopic (exact) mass is 260 g/mol. The van der Waals surface area contributed by atoms with Crippen LogP contribution in [0.15, 0.2) is 42.6 Å². The lowest BCUT2D eigenvalue weighted by molar-refractivity contribution is 1.10. The van der Waals surface area contributed by atoms with Crippen LogP contribution in [0.2, 0.25) is 0 Å². The number of hydrogen-bond donors (Lipinski definition) is 0. The zero-order valence-electron chi connectivity index (χ0n) is 10.7. The highest BCUT2D eigenvalue weighted by Gasteiger charge is 2.05. The van der Waals surface area contributed by atoms with Crippen molar-refractivity contribution < 1.29 is 0 Å². The number of halogens is 1. The molecule has 0 aliphatic carbocycles. The summed E-state index contributed by atoms with van der Waals surface area (Å²) in [5.74, 6) is 1.43. The molecule has 1 heterocycles. The van der Waals surface area contributed by atoms with Gasteiger partial charge in [-0.05, 0) is 41.8 Å². The number of aryl methyl sites for hydroxylation is 1. The molecule has 0 unspecified atom stereocenters. The average Bonchev–Trinajstić information content (AvgIpc) is 2.46. The van der Waals surface area contributed by atoms with Gasteiger partial charge in [0.1, 0.15) is 5.82 Å². The molecule has 0 aliphatic rings. The third kappa shape index (κ3) is 2.82. The molecule has 0 radical (unpaired) electrons. The maximum Gasteiger partial charge on any atom is 0.132 e. The molecular weight excluding hydrogens is 244 g/mol. The summed E-state index contributed by atoms with van der Waals surface area (Å²) in [6, 6.07) is 12.5. The Kier molecular flexibility index (Phi) is 4.21. The molecule has 0 atom stereocenters. The van der Waals surface area contributed by atoms with E-state index in [1.54, 1.807) is 6.20 Å². The van der Waals surface area contributed by atoms with Crippen molar-refractivity contribution >= 4 is 23.1 Å². The van der Waals surface area contributed by atoms with Gasteiger partial charge in [-0.3, -0.25) is 0 Å². The number of anilines is 2. The molecule has 0 spiro atoms. The molecule has 0 N–H and O–H groups in total. The summed E-state index contributed by atoms with van der Waals surface area (Å²) >= 11 is 5.84. The molecule has 0 bridgehead atoms. The van der Waals surface area contributed by atoms with Crippen molar-refractivity contribution in [3.8, 4) is 0 Å². The molecule has 1 aromatic carbocycles. The van der Waals surface area contributed by atoms with Crippen LogP contribution in [0, 0.1) is 0 Å². The third-order valence-electron chi connectivity index (χ3n) is 3.04. The van der Waals surface area contributed by atoms with E-state index >= 15 is 0 Å². The van der Waals surface area contributed by atoms with Gasteiger partial charge < -0.3 is 4.90 Å². The molecule has 0 saturated heterocycles. The van der Waals surface area contributed by atoms with Crippen LogP contribution >= 0.6 is 11.6 Å². The van der Waals surface area contributed by atoms with Crippen LogP contribution in [0.3, 0.4) is 0 Å². The van der Waals surface area contributed by atoms with E-state index in [9.17, 15) is 0 Å². The first-order chi connectivity index (χ1) is 8.74. The largest absolute Gasteiger partial charge is 0.329 e. The maximum atomic E-state index is 5.84. The van der Waals surface area contributed by atoms with Crippen LogP contribution in [-0.2, 0) is 12.3 Å². The molecular formula is C15H17ClN2. The number of nitrogens with zero attached hydrogens (tertiary/aromatic N) is 2. The second-order valence-corrected chi connectivity index (χ2v) is 4.50. The van der Waals surface area contributed by atoms with E-state index < -0.39 is 0 Å². The zero-order chi connectivity index (χ0) is 13.0. The summed E-state index contributed by atoms with van der Waals surface area (Å²) in [5, 5.41) is 0. The molecule has 3 heteroatoms. The van der Waals surface area contributed by atoms with Crippen molar-refractivity contribution in [2.24, 2.45) is 0 Å². The van der Waals surface area contributed by atoms with Gasteiger partial charge in [0.05, 0.1) is 0 Å². The highest BCUT2D eigenvalue weighted by molar-refractivity contribution is 6.17. The van der Waals surface area contributed by atoms with Gasteiger partial charge in [-0.15, -0.1) is 11.6 Å².